The van der Waals surface area contributed by atoms with E-state index in [1.165, 1.54) is 0 Å². The molecular formula is C8H15FO2. The fraction of sp³-hybridized carbons (Fsp3) is 1.00. The van der Waals surface area contributed by atoms with Crippen molar-refractivity contribution in [3.05, 3.63) is 0 Å². The standard InChI is InChI=1S/C8H15FO2/c1-2-4-10-5-3-8(9)6-11-7-8/h2-7H2,1H3. The first-order chi connectivity index (χ1) is 5.27. The maximum Gasteiger partial charge on any atom is 0.159 e. The van der Waals surface area contributed by atoms with Gasteiger partial charge in [0.2, 0.25) is 0 Å². The van der Waals surface area contributed by atoms with Gasteiger partial charge in [0.1, 0.15) is 0 Å². The van der Waals surface area contributed by atoms with Crippen molar-refractivity contribution >= 4 is 0 Å². The Morgan fingerprint density at radius 1 is 1.45 bits per heavy atom. The summed E-state index contributed by atoms with van der Waals surface area (Å²) < 4.78 is 23.1. The molecule has 0 aromatic heterocycles. The summed E-state index contributed by atoms with van der Waals surface area (Å²) in [4.78, 5) is 0. The molecule has 0 unspecified atom stereocenters. The van der Waals surface area contributed by atoms with E-state index in [1.54, 1.807) is 0 Å². The molecule has 1 aliphatic rings. The van der Waals surface area contributed by atoms with Gasteiger partial charge in [-0.1, -0.05) is 6.92 Å². The zero-order chi connectivity index (χ0) is 8.16. The summed E-state index contributed by atoms with van der Waals surface area (Å²) in [5.74, 6) is 0. The summed E-state index contributed by atoms with van der Waals surface area (Å²) in [7, 11) is 0. The molecule has 0 N–H and O–H groups in total. The van der Waals surface area contributed by atoms with Crippen molar-refractivity contribution in [3.8, 4) is 0 Å². The van der Waals surface area contributed by atoms with Crippen LogP contribution in [0.2, 0.25) is 0 Å². The van der Waals surface area contributed by atoms with E-state index in [-0.39, 0.29) is 13.2 Å². The number of alkyl halides is 1. The summed E-state index contributed by atoms with van der Waals surface area (Å²) >= 11 is 0. The molecule has 1 aliphatic heterocycles. The second-order valence-electron chi connectivity index (χ2n) is 3.01. The van der Waals surface area contributed by atoms with Crippen LogP contribution in [-0.4, -0.2) is 32.1 Å². The number of halogens is 1. The molecule has 66 valence electrons. The van der Waals surface area contributed by atoms with Crippen molar-refractivity contribution < 1.29 is 13.9 Å². The molecule has 0 aliphatic carbocycles. The van der Waals surface area contributed by atoms with Crippen LogP contribution >= 0.6 is 0 Å². The van der Waals surface area contributed by atoms with E-state index in [0.29, 0.717) is 13.0 Å². The molecule has 0 aromatic rings. The minimum absolute atomic E-state index is 0.252. The van der Waals surface area contributed by atoms with E-state index >= 15 is 0 Å². The molecule has 1 fully saturated rings. The normalized spacial score (nSPS) is 21.3. The Labute approximate surface area is 66.7 Å². The van der Waals surface area contributed by atoms with Gasteiger partial charge in [0.05, 0.1) is 13.2 Å². The quantitative estimate of drug-likeness (QED) is 0.571. The van der Waals surface area contributed by atoms with Crippen molar-refractivity contribution in [2.24, 2.45) is 0 Å². The largest absolute Gasteiger partial charge is 0.381 e. The molecular weight excluding hydrogens is 147 g/mol. The highest BCUT2D eigenvalue weighted by atomic mass is 19.1. The zero-order valence-corrected chi connectivity index (χ0v) is 6.94. The maximum absolute atomic E-state index is 13.1. The van der Waals surface area contributed by atoms with Gasteiger partial charge in [-0.25, -0.2) is 4.39 Å². The van der Waals surface area contributed by atoms with Crippen molar-refractivity contribution in [3.63, 3.8) is 0 Å². The van der Waals surface area contributed by atoms with Gasteiger partial charge in [-0.05, 0) is 6.42 Å². The molecule has 0 radical (unpaired) electrons. The third-order valence-electron chi connectivity index (χ3n) is 1.76. The average molecular weight is 162 g/mol. The summed E-state index contributed by atoms with van der Waals surface area (Å²) in [5.41, 5.74) is -1.08. The van der Waals surface area contributed by atoms with Crippen LogP contribution in [0.25, 0.3) is 0 Å². The van der Waals surface area contributed by atoms with Crippen LogP contribution in [0.4, 0.5) is 4.39 Å². The third-order valence-corrected chi connectivity index (χ3v) is 1.76. The summed E-state index contributed by atoms with van der Waals surface area (Å²) in [5, 5.41) is 0. The van der Waals surface area contributed by atoms with Gasteiger partial charge in [-0.3, -0.25) is 0 Å². The summed E-state index contributed by atoms with van der Waals surface area (Å²) in [6.45, 7) is 3.80. The highest BCUT2D eigenvalue weighted by Gasteiger charge is 2.38. The van der Waals surface area contributed by atoms with Crippen LogP contribution in [0.15, 0.2) is 0 Å². The minimum atomic E-state index is -1.08. The molecule has 0 atom stereocenters. The molecule has 3 heteroatoms. The second kappa shape index (κ2) is 4.02. The molecule has 1 heterocycles. The minimum Gasteiger partial charge on any atom is -0.381 e. The first kappa shape index (κ1) is 8.94. The van der Waals surface area contributed by atoms with Gasteiger partial charge in [0.15, 0.2) is 5.67 Å². The molecule has 0 bridgehead atoms. The van der Waals surface area contributed by atoms with Crippen LogP contribution < -0.4 is 0 Å². The van der Waals surface area contributed by atoms with Crippen LogP contribution in [-0.2, 0) is 9.47 Å². The van der Waals surface area contributed by atoms with Gasteiger partial charge in [-0.15, -0.1) is 0 Å². The monoisotopic (exact) mass is 162 g/mol. The van der Waals surface area contributed by atoms with Crippen molar-refractivity contribution in [1.82, 2.24) is 0 Å². The number of rotatable bonds is 5. The molecule has 0 aromatic carbocycles. The molecule has 0 amide bonds. The highest BCUT2D eigenvalue weighted by molar-refractivity contribution is 4.85. The second-order valence-corrected chi connectivity index (χ2v) is 3.01. The van der Waals surface area contributed by atoms with Crippen LogP contribution in [0, 0.1) is 0 Å². The van der Waals surface area contributed by atoms with Gasteiger partial charge >= 0.3 is 0 Å². The Balaban J connectivity index is 1.94. The fourth-order valence-electron chi connectivity index (χ4n) is 0.969. The lowest BCUT2D eigenvalue weighted by molar-refractivity contribution is -0.140. The fourth-order valence-corrected chi connectivity index (χ4v) is 0.969. The number of hydrogen-bond donors (Lipinski definition) is 0. The smallest absolute Gasteiger partial charge is 0.159 e. The number of ether oxygens (including phenoxy) is 2. The van der Waals surface area contributed by atoms with E-state index in [9.17, 15) is 4.39 Å². The molecule has 1 saturated heterocycles. The Kier molecular flexibility index (Phi) is 3.27. The van der Waals surface area contributed by atoms with E-state index in [4.69, 9.17) is 9.47 Å². The maximum atomic E-state index is 13.1. The first-order valence-corrected chi connectivity index (χ1v) is 4.11. The Morgan fingerprint density at radius 3 is 2.64 bits per heavy atom. The van der Waals surface area contributed by atoms with Crippen LogP contribution in [0.5, 0.6) is 0 Å². The van der Waals surface area contributed by atoms with Gasteiger partial charge < -0.3 is 9.47 Å². The van der Waals surface area contributed by atoms with E-state index < -0.39 is 5.67 Å². The van der Waals surface area contributed by atoms with Gasteiger partial charge in [0.25, 0.3) is 0 Å². The third kappa shape index (κ3) is 2.75. The summed E-state index contributed by atoms with van der Waals surface area (Å²) in [6, 6.07) is 0. The molecule has 11 heavy (non-hydrogen) atoms. The van der Waals surface area contributed by atoms with Crippen LogP contribution in [0.1, 0.15) is 19.8 Å². The van der Waals surface area contributed by atoms with E-state index in [2.05, 4.69) is 0 Å². The lowest BCUT2D eigenvalue weighted by Gasteiger charge is -2.33. The highest BCUT2D eigenvalue weighted by Crippen LogP contribution is 2.25. The van der Waals surface area contributed by atoms with Crippen molar-refractivity contribution in [2.75, 3.05) is 26.4 Å². The first-order valence-electron chi connectivity index (χ1n) is 4.11. The Bertz CT molecular complexity index is 113. The van der Waals surface area contributed by atoms with E-state index in [0.717, 1.165) is 13.0 Å². The van der Waals surface area contributed by atoms with Crippen LogP contribution in [0.3, 0.4) is 0 Å². The van der Waals surface area contributed by atoms with E-state index in [1.807, 2.05) is 6.92 Å². The predicted octanol–water partition coefficient (Wildman–Crippen LogP) is 1.54. The molecule has 0 saturated carbocycles. The predicted molar refractivity (Wildman–Crippen MR) is 40.4 cm³/mol. The van der Waals surface area contributed by atoms with Gasteiger partial charge in [-0.2, -0.15) is 0 Å². The Morgan fingerprint density at radius 2 is 2.18 bits per heavy atom. The lowest BCUT2D eigenvalue weighted by atomic mass is 10.0. The van der Waals surface area contributed by atoms with Crippen molar-refractivity contribution in [1.29, 1.82) is 0 Å². The lowest BCUT2D eigenvalue weighted by Crippen LogP contribution is -2.46. The summed E-state index contributed by atoms with van der Waals surface area (Å²) in [6.07, 6.45) is 1.47. The molecule has 2 nitrogen and oxygen atoms in total. The Hall–Kier alpha value is -0.150. The van der Waals surface area contributed by atoms with Gasteiger partial charge in [0, 0.05) is 19.6 Å². The SMILES string of the molecule is CCCOCCC1(F)COC1. The zero-order valence-electron chi connectivity index (χ0n) is 6.94. The number of hydrogen-bond acceptors (Lipinski definition) is 2. The average Bonchev–Trinajstić information content (AvgIpc) is 1.95. The molecule has 0 spiro atoms. The molecule has 1 rings (SSSR count). The van der Waals surface area contributed by atoms with Crippen molar-refractivity contribution in [2.45, 2.75) is 25.4 Å². The topological polar surface area (TPSA) is 18.5 Å².